The van der Waals surface area contributed by atoms with Gasteiger partial charge in [0.2, 0.25) is 0 Å². The van der Waals surface area contributed by atoms with Gasteiger partial charge in [-0.25, -0.2) is 4.98 Å². The largest absolute Gasteiger partial charge is 0.324 e. The second-order valence-corrected chi connectivity index (χ2v) is 3.01. The highest BCUT2D eigenvalue weighted by atomic mass is 79.9. The lowest BCUT2D eigenvalue weighted by Crippen LogP contribution is -2.04. The van der Waals surface area contributed by atoms with E-state index in [1.807, 2.05) is 19.1 Å². The molecule has 0 aliphatic carbocycles. The van der Waals surface area contributed by atoms with Crippen molar-refractivity contribution >= 4 is 15.9 Å². The third-order valence-corrected chi connectivity index (χ3v) is 1.71. The number of rotatable bonds is 1. The third-order valence-electron chi connectivity index (χ3n) is 1.28. The van der Waals surface area contributed by atoms with Crippen LogP contribution in [0, 0.1) is 0 Å². The maximum Gasteiger partial charge on any atom is 0.106 e. The van der Waals surface area contributed by atoms with Gasteiger partial charge < -0.3 is 5.73 Å². The van der Waals surface area contributed by atoms with Gasteiger partial charge in [0, 0.05) is 12.2 Å². The van der Waals surface area contributed by atoms with Gasteiger partial charge in [-0.05, 0) is 40.5 Å². The first kappa shape index (κ1) is 7.69. The van der Waals surface area contributed by atoms with Crippen molar-refractivity contribution in [2.45, 2.75) is 13.0 Å². The van der Waals surface area contributed by atoms with Gasteiger partial charge in [-0.15, -0.1) is 0 Å². The molecule has 0 aliphatic rings. The smallest absolute Gasteiger partial charge is 0.106 e. The van der Waals surface area contributed by atoms with E-state index in [0.29, 0.717) is 0 Å². The van der Waals surface area contributed by atoms with Crippen LogP contribution in [-0.2, 0) is 0 Å². The normalized spacial score (nSPS) is 13.1. The van der Waals surface area contributed by atoms with Crippen LogP contribution in [0.2, 0.25) is 0 Å². The van der Waals surface area contributed by atoms with Crippen LogP contribution in [0.5, 0.6) is 0 Å². The Kier molecular flexibility index (Phi) is 2.40. The molecule has 3 heteroatoms. The molecule has 0 saturated carbocycles. The van der Waals surface area contributed by atoms with Crippen molar-refractivity contribution in [3.63, 3.8) is 0 Å². The quantitative estimate of drug-likeness (QED) is 0.704. The zero-order valence-electron chi connectivity index (χ0n) is 5.71. The van der Waals surface area contributed by atoms with Crippen LogP contribution in [0.3, 0.4) is 0 Å². The van der Waals surface area contributed by atoms with Gasteiger partial charge >= 0.3 is 0 Å². The Morgan fingerprint density at radius 1 is 1.70 bits per heavy atom. The number of hydrogen-bond donors (Lipinski definition) is 1. The van der Waals surface area contributed by atoms with Gasteiger partial charge in [0.1, 0.15) is 4.60 Å². The van der Waals surface area contributed by atoms with E-state index in [1.54, 1.807) is 6.20 Å². The second kappa shape index (κ2) is 3.12. The molecule has 2 N–H and O–H groups in total. The van der Waals surface area contributed by atoms with E-state index in [-0.39, 0.29) is 6.04 Å². The topological polar surface area (TPSA) is 38.9 Å². The molecule has 54 valence electrons. The standard InChI is InChI=1S/C7H9BrN2/c1-5(9)6-2-3-10-7(8)4-6/h2-5H,9H2,1H3/t5-/m0/s1. The summed E-state index contributed by atoms with van der Waals surface area (Å²) in [5.41, 5.74) is 6.73. The minimum atomic E-state index is 0.0827. The van der Waals surface area contributed by atoms with Gasteiger partial charge in [0.25, 0.3) is 0 Å². The van der Waals surface area contributed by atoms with Crippen LogP contribution in [0.4, 0.5) is 0 Å². The Morgan fingerprint density at radius 3 is 2.80 bits per heavy atom. The molecule has 0 aromatic carbocycles. The molecule has 10 heavy (non-hydrogen) atoms. The van der Waals surface area contributed by atoms with E-state index in [9.17, 15) is 0 Å². The maximum absolute atomic E-state index is 5.63. The van der Waals surface area contributed by atoms with E-state index in [0.717, 1.165) is 10.2 Å². The number of nitrogens with two attached hydrogens (primary N) is 1. The van der Waals surface area contributed by atoms with Crippen LogP contribution in [-0.4, -0.2) is 4.98 Å². The van der Waals surface area contributed by atoms with Crippen molar-refractivity contribution in [2.75, 3.05) is 0 Å². The molecule has 0 amide bonds. The zero-order chi connectivity index (χ0) is 7.56. The fourth-order valence-corrected chi connectivity index (χ4v) is 1.08. The van der Waals surface area contributed by atoms with Crippen molar-refractivity contribution in [2.24, 2.45) is 5.73 Å². The minimum Gasteiger partial charge on any atom is -0.324 e. The molecule has 1 aromatic heterocycles. The third kappa shape index (κ3) is 1.78. The highest BCUT2D eigenvalue weighted by molar-refractivity contribution is 9.10. The summed E-state index contributed by atoms with van der Waals surface area (Å²) < 4.78 is 0.835. The minimum absolute atomic E-state index is 0.0827. The molecule has 1 heterocycles. The van der Waals surface area contributed by atoms with Gasteiger partial charge in [-0.1, -0.05) is 0 Å². The monoisotopic (exact) mass is 200 g/mol. The van der Waals surface area contributed by atoms with E-state index in [1.165, 1.54) is 0 Å². The lowest BCUT2D eigenvalue weighted by atomic mass is 10.1. The number of nitrogens with zero attached hydrogens (tertiary/aromatic N) is 1. The SMILES string of the molecule is C[C@H](N)c1ccnc(Br)c1. The lowest BCUT2D eigenvalue weighted by molar-refractivity contribution is 0.814. The predicted octanol–water partition coefficient (Wildman–Crippen LogP) is 1.86. The first-order valence-corrected chi connectivity index (χ1v) is 3.86. The molecular formula is C7H9BrN2. The van der Waals surface area contributed by atoms with E-state index in [2.05, 4.69) is 20.9 Å². The average molecular weight is 201 g/mol. The molecule has 0 unspecified atom stereocenters. The van der Waals surface area contributed by atoms with Crippen molar-refractivity contribution in [1.29, 1.82) is 0 Å². The molecule has 0 bridgehead atoms. The molecule has 0 fully saturated rings. The number of aromatic nitrogens is 1. The maximum atomic E-state index is 5.63. The van der Waals surface area contributed by atoms with Crippen LogP contribution < -0.4 is 5.73 Å². The first-order chi connectivity index (χ1) is 4.70. The summed E-state index contributed by atoms with van der Waals surface area (Å²) in [4.78, 5) is 3.98. The summed E-state index contributed by atoms with van der Waals surface area (Å²) in [6.07, 6.45) is 1.74. The fraction of sp³-hybridized carbons (Fsp3) is 0.286. The molecule has 0 spiro atoms. The predicted molar refractivity (Wildman–Crippen MR) is 44.5 cm³/mol. The summed E-state index contributed by atoms with van der Waals surface area (Å²) in [6, 6.07) is 3.92. The molecule has 2 nitrogen and oxygen atoms in total. The Morgan fingerprint density at radius 2 is 2.40 bits per heavy atom. The van der Waals surface area contributed by atoms with Gasteiger partial charge in [0.05, 0.1) is 0 Å². The Bertz CT molecular complexity index is 223. The highest BCUT2D eigenvalue weighted by Gasteiger charge is 1.97. The molecule has 1 rings (SSSR count). The fourth-order valence-electron chi connectivity index (χ4n) is 0.701. The Hall–Kier alpha value is -0.410. The second-order valence-electron chi connectivity index (χ2n) is 2.20. The molecule has 0 aliphatic heterocycles. The van der Waals surface area contributed by atoms with Crippen LogP contribution >= 0.6 is 15.9 Å². The zero-order valence-corrected chi connectivity index (χ0v) is 7.30. The first-order valence-electron chi connectivity index (χ1n) is 3.07. The molecule has 0 saturated heterocycles. The molecule has 0 radical (unpaired) electrons. The molecular weight excluding hydrogens is 192 g/mol. The number of pyridine rings is 1. The number of hydrogen-bond acceptors (Lipinski definition) is 2. The summed E-state index contributed by atoms with van der Waals surface area (Å²) in [7, 11) is 0. The van der Waals surface area contributed by atoms with E-state index in [4.69, 9.17) is 5.73 Å². The molecule has 1 aromatic rings. The average Bonchev–Trinajstić information content (AvgIpc) is 1.88. The van der Waals surface area contributed by atoms with Crippen LogP contribution in [0.1, 0.15) is 18.5 Å². The highest BCUT2D eigenvalue weighted by Crippen LogP contribution is 2.12. The van der Waals surface area contributed by atoms with Crippen LogP contribution in [0.15, 0.2) is 22.9 Å². The van der Waals surface area contributed by atoms with Gasteiger partial charge in [0.15, 0.2) is 0 Å². The van der Waals surface area contributed by atoms with Gasteiger partial charge in [-0.2, -0.15) is 0 Å². The van der Waals surface area contributed by atoms with Crippen molar-refractivity contribution in [1.82, 2.24) is 4.98 Å². The van der Waals surface area contributed by atoms with E-state index >= 15 is 0 Å². The van der Waals surface area contributed by atoms with Crippen LogP contribution in [0.25, 0.3) is 0 Å². The van der Waals surface area contributed by atoms with Crippen molar-refractivity contribution < 1.29 is 0 Å². The number of halogens is 1. The summed E-state index contributed by atoms with van der Waals surface area (Å²) in [5.74, 6) is 0. The summed E-state index contributed by atoms with van der Waals surface area (Å²) in [6.45, 7) is 1.95. The Labute approximate surface area is 68.6 Å². The molecule has 1 atom stereocenters. The van der Waals surface area contributed by atoms with Crippen molar-refractivity contribution in [3.05, 3.63) is 28.5 Å². The van der Waals surface area contributed by atoms with Gasteiger partial charge in [-0.3, -0.25) is 0 Å². The summed E-state index contributed by atoms with van der Waals surface area (Å²) in [5, 5.41) is 0. The summed E-state index contributed by atoms with van der Waals surface area (Å²) >= 11 is 3.26. The van der Waals surface area contributed by atoms with E-state index < -0.39 is 0 Å². The Balaban J connectivity index is 2.96. The van der Waals surface area contributed by atoms with Crippen molar-refractivity contribution in [3.8, 4) is 0 Å². The lowest BCUT2D eigenvalue weighted by Gasteiger charge is -2.03.